The Labute approximate surface area is 339 Å². The molecule has 0 aliphatic heterocycles. The number of phosphoric ester groups is 1. The first-order valence-corrected chi connectivity index (χ1v) is 24.1. The molecule has 0 heterocycles. The summed E-state index contributed by atoms with van der Waals surface area (Å²) in [4.78, 5) is 35.3. The van der Waals surface area contributed by atoms with Gasteiger partial charge < -0.3 is 18.9 Å². The summed E-state index contributed by atoms with van der Waals surface area (Å²) in [5, 5.41) is 0. The van der Waals surface area contributed by atoms with Gasteiger partial charge in [0.1, 0.15) is 19.8 Å². The predicted molar refractivity (Wildman–Crippen MR) is 229 cm³/mol. The van der Waals surface area contributed by atoms with Gasteiger partial charge in [0.2, 0.25) is 0 Å². The summed E-state index contributed by atoms with van der Waals surface area (Å²) in [6, 6.07) is 0. The molecule has 9 nitrogen and oxygen atoms in total. The van der Waals surface area contributed by atoms with Crippen LogP contribution in [0.4, 0.5) is 0 Å². The largest absolute Gasteiger partial charge is 0.472 e. The number of unbranched alkanes of at least 4 members (excludes halogenated alkanes) is 23. The fourth-order valence-electron chi connectivity index (χ4n) is 6.12. The van der Waals surface area contributed by atoms with Gasteiger partial charge in [0, 0.05) is 12.8 Å². The molecule has 0 saturated heterocycles. The van der Waals surface area contributed by atoms with Gasteiger partial charge in [0.15, 0.2) is 6.10 Å². The highest BCUT2D eigenvalue weighted by molar-refractivity contribution is 7.47. The molecule has 0 spiro atoms. The molecule has 0 aromatic carbocycles. The van der Waals surface area contributed by atoms with Crippen LogP contribution in [0.15, 0.2) is 24.3 Å². The lowest BCUT2D eigenvalue weighted by molar-refractivity contribution is -0.870. The average molecular weight is 801 g/mol. The minimum atomic E-state index is -4.37. The van der Waals surface area contributed by atoms with E-state index in [1.807, 2.05) is 21.1 Å². The number of rotatable bonds is 41. The first-order chi connectivity index (χ1) is 26.5. The normalized spacial score (nSPS) is 13.8. The van der Waals surface area contributed by atoms with Crippen molar-refractivity contribution in [2.24, 2.45) is 0 Å². The third kappa shape index (κ3) is 41.9. The molecular formula is C45H87NO8P+. The molecular weight excluding hydrogens is 713 g/mol. The zero-order valence-electron chi connectivity index (χ0n) is 36.4. The highest BCUT2D eigenvalue weighted by Crippen LogP contribution is 2.43. The number of ether oxygens (including phenoxy) is 2. The van der Waals surface area contributed by atoms with Crippen LogP contribution < -0.4 is 0 Å². The summed E-state index contributed by atoms with van der Waals surface area (Å²) in [6.07, 6.45) is 40.8. The van der Waals surface area contributed by atoms with Crippen molar-refractivity contribution in [1.82, 2.24) is 0 Å². The van der Waals surface area contributed by atoms with Crippen LogP contribution in [-0.2, 0) is 32.7 Å². The molecule has 0 amide bonds. The summed E-state index contributed by atoms with van der Waals surface area (Å²) in [5.41, 5.74) is 0. The van der Waals surface area contributed by atoms with Crippen molar-refractivity contribution in [3.8, 4) is 0 Å². The lowest BCUT2D eigenvalue weighted by atomic mass is 10.1. The van der Waals surface area contributed by atoms with Crippen molar-refractivity contribution in [2.45, 2.75) is 206 Å². The fraction of sp³-hybridized carbons (Fsp3) is 0.867. The van der Waals surface area contributed by atoms with Gasteiger partial charge in [-0.25, -0.2) is 4.57 Å². The predicted octanol–water partition coefficient (Wildman–Crippen LogP) is 12.7. The second kappa shape index (κ2) is 38.0. The van der Waals surface area contributed by atoms with E-state index in [9.17, 15) is 19.0 Å². The van der Waals surface area contributed by atoms with Crippen molar-refractivity contribution in [3.05, 3.63) is 24.3 Å². The SMILES string of the molecule is CCCCC/C=C\CCCCCCCC(=O)OC[C@H](COP(=O)(O)OCC[N+](C)(C)C)OC(=O)CCCCCCCCC/C=C\CCCCCCCCCC. The second-order valence-corrected chi connectivity index (χ2v) is 17.9. The number of hydrogen-bond donors (Lipinski definition) is 1. The topological polar surface area (TPSA) is 108 Å². The molecule has 0 fully saturated rings. The first kappa shape index (κ1) is 53.5. The van der Waals surface area contributed by atoms with Gasteiger partial charge in [0.05, 0.1) is 27.7 Å². The van der Waals surface area contributed by atoms with Crippen LogP contribution in [0, 0.1) is 0 Å². The molecule has 0 aliphatic carbocycles. The standard InChI is InChI=1S/C45H86NO8P/c1-6-8-10-12-14-16-18-20-21-22-23-24-25-26-28-30-32-34-36-38-45(48)54-43(42-53-55(49,50)52-40-39-46(3,4)5)41-51-44(47)37-35-33-31-29-27-19-17-15-13-11-9-7-2/h15,17,22-23,43H,6-14,16,18-21,24-42H2,1-5H3/p+1/b17-15-,23-22-/t43-/m1/s1. The van der Waals surface area contributed by atoms with E-state index in [0.29, 0.717) is 17.4 Å². The van der Waals surface area contributed by atoms with Crippen LogP contribution in [0.5, 0.6) is 0 Å². The van der Waals surface area contributed by atoms with Gasteiger partial charge in [-0.1, -0.05) is 147 Å². The molecule has 0 aromatic rings. The maximum Gasteiger partial charge on any atom is 0.472 e. The molecule has 2 atom stereocenters. The molecule has 0 bridgehead atoms. The number of carbonyl (C=O) groups is 2. The number of nitrogens with zero attached hydrogens (tertiary/aromatic N) is 1. The number of phosphoric acid groups is 1. The van der Waals surface area contributed by atoms with Crippen molar-refractivity contribution >= 4 is 19.8 Å². The number of quaternary nitrogens is 1. The van der Waals surface area contributed by atoms with Crippen molar-refractivity contribution in [2.75, 3.05) is 47.5 Å². The van der Waals surface area contributed by atoms with E-state index in [4.69, 9.17) is 18.5 Å². The van der Waals surface area contributed by atoms with Gasteiger partial charge in [-0.15, -0.1) is 0 Å². The number of allylic oxidation sites excluding steroid dienone is 4. The molecule has 0 saturated carbocycles. The van der Waals surface area contributed by atoms with E-state index in [1.54, 1.807) is 0 Å². The van der Waals surface area contributed by atoms with Crippen LogP contribution in [-0.4, -0.2) is 74.9 Å². The molecule has 324 valence electrons. The molecule has 1 unspecified atom stereocenters. The maximum atomic E-state index is 12.7. The summed E-state index contributed by atoms with van der Waals surface area (Å²) < 4.78 is 34.3. The van der Waals surface area contributed by atoms with E-state index >= 15 is 0 Å². The van der Waals surface area contributed by atoms with Gasteiger partial charge in [-0.05, 0) is 64.2 Å². The summed E-state index contributed by atoms with van der Waals surface area (Å²) in [7, 11) is 1.47. The molecule has 0 rings (SSSR count). The Balaban J connectivity index is 4.32. The first-order valence-electron chi connectivity index (χ1n) is 22.6. The number of likely N-dealkylation sites (N-methyl/N-ethyl adjacent to an activating group) is 1. The molecule has 1 N–H and O–H groups in total. The quantitative estimate of drug-likeness (QED) is 0.0214. The third-order valence-electron chi connectivity index (χ3n) is 9.70. The van der Waals surface area contributed by atoms with E-state index in [1.165, 1.54) is 103 Å². The Morgan fingerprint density at radius 2 is 0.927 bits per heavy atom. The minimum absolute atomic E-state index is 0.0307. The highest BCUT2D eigenvalue weighted by Gasteiger charge is 2.27. The molecule has 0 radical (unpaired) electrons. The van der Waals surface area contributed by atoms with E-state index in [2.05, 4.69) is 38.2 Å². The summed E-state index contributed by atoms with van der Waals surface area (Å²) >= 11 is 0. The smallest absolute Gasteiger partial charge is 0.462 e. The lowest BCUT2D eigenvalue weighted by Crippen LogP contribution is -2.37. The van der Waals surface area contributed by atoms with Crippen LogP contribution in [0.1, 0.15) is 200 Å². The van der Waals surface area contributed by atoms with E-state index < -0.39 is 26.5 Å². The van der Waals surface area contributed by atoms with Crippen LogP contribution in [0.2, 0.25) is 0 Å². The number of hydrogen-bond acceptors (Lipinski definition) is 7. The van der Waals surface area contributed by atoms with E-state index in [-0.39, 0.29) is 32.0 Å². The summed E-state index contributed by atoms with van der Waals surface area (Å²) in [6.45, 7) is 4.39. The Kier molecular flexibility index (Phi) is 37.0. The zero-order chi connectivity index (χ0) is 40.7. The minimum Gasteiger partial charge on any atom is -0.462 e. The van der Waals surface area contributed by atoms with Gasteiger partial charge in [0.25, 0.3) is 0 Å². The van der Waals surface area contributed by atoms with Crippen molar-refractivity contribution in [3.63, 3.8) is 0 Å². The van der Waals surface area contributed by atoms with Crippen molar-refractivity contribution < 1.29 is 42.1 Å². The fourth-order valence-corrected chi connectivity index (χ4v) is 6.86. The van der Waals surface area contributed by atoms with Gasteiger partial charge >= 0.3 is 19.8 Å². The second-order valence-electron chi connectivity index (χ2n) is 16.4. The number of carbonyl (C=O) groups excluding carboxylic acids is 2. The molecule has 10 heteroatoms. The number of esters is 2. The molecule has 55 heavy (non-hydrogen) atoms. The maximum absolute atomic E-state index is 12.7. The Bertz CT molecular complexity index is 996. The van der Waals surface area contributed by atoms with Gasteiger partial charge in [-0.3, -0.25) is 18.6 Å². The average Bonchev–Trinajstić information content (AvgIpc) is 3.13. The molecule has 0 aliphatic rings. The van der Waals surface area contributed by atoms with Crippen molar-refractivity contribution in [1.29, 1.82) is 0 Å². The summed E-state index contributed by atoms with van der Waals surface area (Å²) in [5.74, 6) is -0.810. The van der Waals surface area contributed by atoms with Crippen LogP contribution in [0.25, 0.3) is 0 Å². The Morgan fingerprint density at radius 1 is 0.545 bits per heavy atom. The lowest BCUT2D eigenvalue weighted by Gasteiger charge is -2.24. The van der Waals surface area contributed by atoms with E-state index in [0.717, 1.165) is 64.2 Å². The Hall–Kier alpha value is -1.51. The highest BCUT2D eigenvalue weighted by atomic mass is 31.2. The van der Waals surface area contributed by atoms with Crippen LogP contribution >= 0.6 is 7.82 Å². The monoisotopic (exact) mass is 801 g/mol. The third-order valence-corrected chi connectivity index (χ3v) is 10.7. The Morgan fingerprint density at radius 3 is 1.38 bits per heavy atom. The molecule has 0 aromatic heterocycles. The van der Waals surface area contributed by atoms with Gasteiger partial charge in [-0.2, -0.15) is 0 Å². The zero-order valence-corrected chi connectivity index (χ0v) is 37.3. The van der Waals surface area contributed by atoms with Crippen LogP contribution in [0.3, 0.4) is 0 Å².